The molecule has 1 aromatic heterocycles. The molecule has 2 rings (SSSR count). The summed E-state index contributed by atoms with van der Waals surface area (Å²) in [5, 5.41) is -0.130. The van der Waals surface area contributed by atoms with Gasteiger partial charge in [0.25, 0.3) is 0 Å². The fourth-order valence-electron chi connectivity index (χ4n) is 1.51. The lowest BCUT2D eigenvalue weighted by atomic mass is 10.0. The van der Waals surface area contributed by atoms with Crippen LogP contribution in [0.1, 0.15) is 21.4 Å². The molecular formula is C12H9BrCl2S. The van der Waals surface area contributed by atoms with Gasteiger partial charge in [0.15, 0.2) is 0 Å². The third-order valence-electron chi connectivity index (χ3n) is 2.38. The van der Waals surface area contributed by atoms with Crippen molar-refractivity contribution in [3.8, 4) is 0 Å². The van der Waals surface area contributed by atoms with E-state index in [4.69, 9.17) is 23.2 Å². The maximum atomic E-state index is 6.45. The number of benzene rings is 1. The van der Waals surface area contributed by atoms with E-state index in [0.717, 1.165) is 19.2 Å². The molecule has 84 valence electrons. The Kier molecular flexibility index (Phi) is 3.96. The first-order valence-corrected chi connectivity index (χ1v) is 7.16. The van der Waals surface area contributed by atoms with E-state index in [1.165, 1.54) is 16.9 Å². The first-order chi connectivity index (χ1) is 7.59. The summed E-state index contributed by atoms with van der Waals surface area (Å²) in [4.78, 5) is 1.06. The second kappa shape index (κ2) is 5.09. The zero-order valence-corrected chi connectivity index (χ0v) is 12.4. The average molecular weight is 336 g/mol. The van der Waals surface area contributed by atoms with Crippen molar-refractivity contribution < 1.29 is 0 Å². The quantitative estimate of drug-likeness (QED) is 0.608. The van der Waals surface area contributed by atoms with Crippen molar-refractivity contribution in [2.45, 2.75) is 12.3 Å². The van der Waals surface area contributed by atoms with E-state index in [2.05, 4.69) is 35.0 Å². The lowest BCUT2D eigenvalue weighted by molar-refractivity contribution is 1.14. The Balaban J connectivity index is 2.39. The van der Waals surface area contributed by atoms with Gasteiger partial charge in [-0.05, 0) is 40.0 Å². The zero-order valence-electron chi connectivity index (χ0n) is 8.51. The largest absolute Gasteiger partial charge is 0.125 e. The molecule has 0 amide bonds. The van der Waals surface area contributed by atoms with E-state index in [0.29, 0.717) is 0 Å². The van der Waals surface area contributed by atoms with Crippen LogP contribution in [-0.2, 0) is 0 Å². The van der Waals surface area contributed by atoms with Gasteiger partial charge >= 0.3 is 0 Å². The molecule has 1 aromatic carbocycles. The number of hydrogen-bond acceptors (Lipinski definition) is 1. The van der Waals surface area contributed by atoms with Crippen LogP contribution in [0.25, 0.3) is 0 Å². The standard InChI is InChI=1S/C12H9BrCl2S/c1-7-4-2-3-5-8(7)11(14)10-6-9(13)12(15)16-10/h2-6,11H,1H3. The molecule has 1 unspecified atom stereocenters. The van der Waals surface area contributed by atoms with Crippen LogP contribution in [0.4, 0.5) is 0 Å². The van der Waals surface area contributed by atoms with Gasteiger partial charge < -0.3 is 0 Å². The Morgan fingerprint density at radius 1 is 1.31 bits per heavy atom. The van der Waals surface area contributed by atoms with E-state index < -0.39 is 0 Å². The predicted octanol–water partition coefficient (Wildman–Crippen LogP) is 5.80. The van der Waals surface area contributed by atoms with Crippen molar-refractivity contribution in [3.63, 3.8) is 0 Å². The number of halogens is 3. The molecular weight excluding hydrogens is 327 g/mol. The third-order valence-corrected chi connectivity index (χ3v) is 5.51. The normalized spacial score (nSPS) is 12.8. The minimum atomic E-state index is -0.130. The molecule has 16 heavy (non-hydrogen) atoms. The molecule has 0 nitrogen and oxygen atoms in total. The number of rotatable bonds is 2. The van der Waals surface area contributed by atoms with Crippen molar-refractivity contribution in [2.75, 3.05) is 0 Å². The van der Waals surface area contributed by atoms with Crippen LogP contribution >= 0.6 is 50.5 Å². The molecule has 1 heterocycles. The van der Waals surface area contributed by atoms with Crippen LogP contribution in [-0.4, -0.2) is 0 Å². The smallest absolute Gasteiger partial charge is 0.107 e. The highest BCUT2D eigenvalue weighted by atomic mass is 79.9. The van der Waals surface area contributed by atoms with Crippen LogP contribution in [0, 0.1) is 6.92 Å². The average Bonchev–Trinajstić information content (AvgIpc) is 2.59. The maximum Gasteiger partial charge on any atom is 0.107 e. The maximum absolute atomic E-state index is 6.45. The van der Waals surface area contributed by atoms with Crippen LogP contribution in [0.15, 0.2) is 34.8 Å². The molecule has 0 radical (unpaired) electrons. The molecule has 0 spiro atoms. The van der Waals surface area contributed by atoms with Crippen LogP contribution < -0.4 is 0 Å². The summed E-state index contributed by atoms with van der Waals surface area (Å²) in [5.41, 5.74) is 2.33. The van der Waals surface area contributed by atoms with Gasteiger partial charge in [0.2, 0.25) is 0 Å². The first kappa shape index (κ1) is 12.4. The minimum Gasteiger partial charge on any atom is -0.125 e. The second-order valence-corrected chi connectivity index (χ2v) is 6.47. The lowest BCUT2D eigenvalue weighted by Crippen LogP contribution is -1.93. The van der Waals surface area contributed by atoms with E-state index >= 15 is 0 Å². The molecule has 2 aromatic rings. The predicted molar refractivity (Wildman–Crippen MR) is 75.9 cm³/mol. The fourth-order valence-corrected chi connectivity index (χ4v) is 3.69. The molecule has 0 aliphatic heterocycles. The summed E-state index contributed by atoms with van der Waals surface area (Å²) in [6.45, 7) is 2.06. The molecule has 4 heteroatoms. The van der Waals surface area contributed by atoms with Gasteiger partial charge in [-0.15, -0.1) is 22.9 Å². The number of aryl methyl sites for hydroxylation is 1. The molecule has 0 saturated heterocycles. The first-order valence-electron chi connectivity index (χ1n) is 4.74. The molecule has 0 aliphatic rings. The fraction of sp³-hybridized carbons (Fsp3) is 0.167. The summed E-state index contributed by atoms with van der Waals surface area (Å²) >= 11 is 17.4. The second-order valence-electron chi connectivity index (χ2n) is 3.49. The number of hydrogen-bond donors (Lipinski definition) is 0. The van der Waals surface area contributed by atoms with Gasteiger partial charge in [-0.1, -0.05) is 35.9 Å². The number of thiophene rings is 1. The molecule has 0 fully saturated rings. The number of alkyl halides is 1. The van der Waals surface area contributed by atoms with Crippen LogP contribution in [0.2, 0.25) is 4.34 Å². The Morgan fingerprint density at radius 2 is 2.00 bits per heavy atom. The van der Waals surface area contributed by atoms with E-state index in [-0.39, 0.29) is 5.38 Å². The topological polar surface area (TPSA) is 0 Å². The van der Waals surface area contributed by atoms with Crippen LogP contribution in [0.5, 0.6) is 0 Å². The minimum absolute atomic E-state index is 0.130. The molecule has 0 bridgehead atoms. The van der Waals surface area contributed by atoms with Gasteiger partial charge in [0, 0.05) is 9.35 Å². The van der Waals surface area contributed by atoms with Crippen LogP contribution in [0.3, 0.4) is 0 Å². The van der Waals surface area contributed by atoms with E-state index in [1.54, 1.807) is 0 Å². The Bertz CT molecular complexity index is 488. The van der Waals surface area contributed by atoms with Gasteiger partial charge in [-0.2, -0.15) is 0 Å². The van der Waals surface area contributed by atoms with Crippen molar-refractivity contribution >= 4 is 50.5 Å². The van der Waals surface area contributed by atoms with Gasteiger partial charge in [0.05, 0.1) is 5.38 Å². The zero-order chi connectivity index (χ0) is 11.7. The highest BCUT2D eigenvalue weighted by Crippen LogP contribution is 2.40. The van der Waals surface area contributed by atoms with Crippen molar-refractivity contribution in [3.05, 3.63) is 55.1 Å². The summed E-state index contributed by atoms with van der Waals surface area (Å²) in [6.07, 6.45) is 0. The Hall–Kier alpha value is -0.0200. The lowest BCUT2D eigenvalue weighted by Gasteiger charge is -2.10. The van der Waals surface area contributed by atoms with E-state index in [9.17, 15) is 0 Å². The molecule has 0 saturated carbocycles. The van der Waals surface area contributed by atoms with Crippen molar-refractivity contribution in [2.24, 2.45) is 0 Å². The van der Waals surface area contributed by atoms with Gasteiger partial charge in [-0.3, -0.25) is 0 Å². The highest BCUT2D eigenvalue weighted by molar-refractivity contribution is 9.10. The highest BCUT2D eigenvalue weighted by Gasteiger charge is 2.16. The summed E-state index contributed by atoms with van der Waals surface area (Å²) < 4.78 is 1.66. The van der Waals surface area contributed by atoms with Gasteiger partial charge in [-0.25, -0.2) is 0 Å². The molecule has 0 N–H and O–H groups in total. The molecule has 1 atom stereocenters. The monoisotopic (exact) mass is 334 g/mol. The van der Waals surface area contributed by atoms with Crippen molar-refractivity contribution in [1.29, 1.82) is 0 Å². The summed E-state index contributed by atoms with van der Waals surface area (Å²) in [6, 6.07) is 10.1. The van der Waals surface area contributed by atoms with Gasteiger partial charge in [0.1, 0.15) is 4.34 Å². The van der Waals surface area contributed by atoms with E-state index in [1.807, 2.05) is 18.2 Å². The van der Waals surface area contributed by atoms with Crippen molar-refractivity contribution in [1.82, 2.24) is 0 Å². The summed E-state index contributed by atoms with van der Waals surface area (Å²) in [5.74, 6) is 0. The third kappa shape index (κ3) is 2.45. The Labute approximate surface area is 117 Å². The Morgan fingerprint density at radius 3 is 2.56 bits per heavy atom. The summed E-state index contributed by atoms with van der Waals surface area (Å²) in [7, 11) is 0. The SMILES string of the molecule is Cc1ccccc1C(Cl)c1cc(Br)c(Cl)s1. The molecule has 0 aliphatic carbocycles.